The summed E-state index contributed by atoms with van der Waals surface area (Å²) in [5, 5.41) is 26.1. The third-order valence-corrected chi connectivity index (χ3v) is 11.1. The molecule has 228 valence electrons. The predicted molar refractivity (Wildman–Crippen MR) is 153 cm³/mol. The minimum atomic E-state index is -1.71. The lowest BCUT2D eigenvalue weighted by Gasteiger charge is -2.60. The molecule has 3 fully saturated rings. The fourth-order valence-electron chi connectivity index (χ4n) is 8.74. The van der Waals surface area contributed by atoms with Gasteiger partial charge in [-0.3, -0.25) is 19.2 Å². The maximum absolute atomic E-state index is 13.4. The lowest BCUT2D eigenvalue weighted by molar-refractivity contribution is -0.184. The molecule has 0 spiro atoms. The van der Waals surface area contributed by atoms with Crippen molar-refractivity contribution in [1.82, 2.24) is 5.32 Å². The number of hydrogen-bond donors (Lipinski definition) is 3. The van der Waals surface area contributed by atoms with Crippen LogP contribution in [-0.2, 0) is 30.5 Å². The van der Waals surface area contributed by atoms with Crippen LogP contribution in [0.5, 0.6) is 5.75 Å². The molecular formula is C33H43NO8. The zero-order chi connectivity index (χ0) is 30.3. The number of allylic oxidation sites excluding steroid dienone is 1. The molecule has 0 heterocycles. The number of methoxy groups -OCH3 is 1. The van der Waals surface area contributed by atoms with Crippen LogP contribution in [0, 0.1) is 28.6 Å². The molecule has 0 radical (unpaired) electrons. The lowest BCUT2D eigenvalue weighted by atomic mass is 9.45. The van der Waals surface area contributed by atoms with Gasteiger partial charge >= 0.3 is 5.97 Å². The van der Waals surface area contributed by atoms with Crippen LogP contribution in [0.15, 0.2) is 35.9 Å². The van der Waals surface area contributed by atoms with Crippen molar-refractivity contribution in [3.8, 4) is 5.75 Å². The van der Waals surface area contributed by atoms with Crippen LogP contribution >= 0.6 is 0 Å². The number of ether oxygens (including phenoxy) is 2. The molecule has 42 heavy (non-hydrogen) atoms. The molecule has 1 amide bonds. The molecule has 5 rings (SSSR count). The van der Waals surface area contributed by atoms with Gasteiger partial charge in [0.05, 0.1) is 19.6 Å². The van der Waals surface area contributed by atoms with Crippen molar-refractivity contribution in [2.24, 2.45) is 28.6 Å². The van der Waals surface area contributed by atoms with Crippen LogP contribution < -0.4 is 10.1 Å². The SMILES string of the molecule is COc1ccc(CNC(=O)CCC(=O)OCC(=O)[C@@]2(O)CC[C@@H]3[C@@H]4CCC5=CC(=O)CC[C@]5(C)[C@@H]4[C@@H](O)C[C@@]32C)cc1. The Kier molecular flexibility index (Phi) is 8.38. The number of esters is 1. The third kappa shape index (κ3) is 5.30. The van der Waals surface area contributed by atoms with Crippen LogP contribution in [0.1, 0.15) is 77.2 Å². The number of amides is 1. The molecule has 0 aromatic heterocycles. The van der Waals surface area contributed by atoms with E-state index < -0.39 is 35.5 Å². The number of fused-ring (bicyclic) bond motifs is 5. The second-order valence-electron chi connectivity index (χ2n) is 13.2. The zero-order valence-electron chi connectivity index (χ0n) is 24.8. The highest BCUT2D eigenvalue weighted by Gasteiger charge is 2.68. The van der Waals surface area contributed by atoms with Gasteiger partial charge in [-0.2, -0.15) is 0 Å². The summed E-state index contributed by atoms with van der Waals surface area (Å²) in [6.07, 6.45) is 4.81. The quantitative estimate of drug-likeness (QED) is 0.377. The average Bonchev–Trinajstić information content (AvgIpc) is 3.24. The van der Waals surface area contributed by atoms with E-state index in [2.05, 4.69) is 12.2 Å². The first-order chi connectivity index (χ1) is 19.9. The van der Waals surface area contributed by atoms with Gasteiger partial charge in [-0.15, -0.1) is 0 Å². The first kappa shape index (κ1) is 30.4. The topological polar surface area (TPSA) is 139 Å². The summed E-state index contributed by atoms with van der Waals surface area (Å²) in [5.41, 5.74) is -0.784. The highest BCUT2D eigenvalue weighted by Crippen LogP contribution is 2.67. The van der Waals surface area contributed by atoms with Gasteiger partial charge in [0.15, 0.2) is 12.4 Å². The molecule has 0 bridgehead atoms. The molecule has 0 unspecified atom stereocenters. The van der Waals surface area contributed by atoms with Gasteiger partial charge in [0, 0.05) is 24.8 Å². The number of nitrogens with one attached hydrogen (secondary N) is 1. The Morgan fingerprint density at radius 2 is 1.79 bits per heavy atom. The molecule has 1 aromatic carbocycles. The van der Waals surface area contributed by atoms with Gasteiger partial charge in [-0.25, -0.2) is 0 Å². The van der Waals surface area contributed by atoms with E-state index in [1.807, 2.05) is 19.1 Å². The van der Waals surface area contributed by atoms with Crippen LogP contribution in [0.25, 0.3) is 0 Å². The standard InChI is InChI=1S/C33H43NO8/c1-31-14-12-22(35)16-21(31)6-9-24-25-13-15-33(40,32(25,2)17-26(36)30(24)31)27(37)19-42-29(39)11-10-28(38)34-18-20-4-7-23(41-3)8-5-20/h4-5,7-8,16,24-26,30,36,40H,6,9-15,17-19H2,1-3H3,(H,34,38)/t24-,25+,26-,30-,31-,32-,33-/m0/s1. The Hall–Kier alpha value is -3.04. The smallest absolute Gasteiger partial charge is 0.306 e. The summed E-state index contributed by atoms with van der Waals surface area (Å²) in [4.78, 5) is 50.1. The van der Waals surface area contributed by atoms with Gasteiger partial charge < -0.3 is 25.0 Å². The monoisotopic (exact) mass is 581 g/mol. The molecular weight excluding hydrogens is 538 g/mol. The molecule has 7 atom stereocenters. The van der Waals surface area contributed by atoms with Gasteiger partial charge in [0.2, 0.25) is 11.7 Å². The molecule has 4 aliphatic rings. The fraction of sp³-hybridized carbons (Fsp3) is 0.636. The van der Waals surface area contributed by atoms with Crippen LogP contribution in [0.4, 0.5) is 0 Å². The van der Waals surface area contributed by atoms with Crippen molar-refractivity contribution in [1.29, 1.82) is 0 Å². The molecule has 1 aromatic rings. The number of carbonyl (C=O) groups excluding carboxylic acids is 4. The minimum Gasteiger partial charge on any atom is -0.497 e. The molecule has 0 saturated heterocycles. The maximum Gasteiger partial charge on any atom is 0.306 e. The number of carbonyl (C=O) groups is 4. The Bertz CT molecular complexity index is 1270. The summed E-state index contributed by atoms with van der Waals surface area (Å²) >= 11 is 0. The second-order valence-corrected chi connectivity index (χ2v) is 13.2. The highest BCUT2D eigenvalue weighted by molar-refractivity contribution is 5.92. The van der Waals surface area contributed by atoms with Gasteiger partial charge in [0.25, 0.3) is 0 Å². The van der Waals surface area contributed by atoms with E-state index in [4.69, 9.17) is 9.47 Å². The van der Waals surface area contributed by atoms with E-state index in [1.54, 1.807) is 25.3 Å². The Balaban J connectivity index is 1.15. The molecule has 0 aliphatic heterocycles. The predicted octanol–water partition coefficient (Wildman–Crippen LogP) is 3.44. The number of ketones is 2. The highest BCUT2D eigenvalue weighted by atomic mass is 16.5. The number of benzene rings is 1. The van der Waals surface area contributed by atoms with E-state index in [0.29, 0.717) is 19.4 Å². The number of aliphatic hydroxyl groups excluding tert-OH is 1. The number of Topliss-reactive ketones (excluding diaryl/α,β-unsaturated/α-hetero) is 1. The molecule has 9 nitrogen and oxygen atoms in total. The van der Waals surface area contributed by atoms with Crippen molar-refractivity contribution in [3.63, 3.8) is 0 Å². The van der Waals surface area contributed by atoms with Crippen molar-refractivity contribution < 1.29 is 38.9 Å². The number of hydrogen-bond acceptors (Lipinski definition) is 8. The summed E-state index contributed by atoms with van der Waals surface area (Å²) in [6, 6.07) is 7.27. The Morgan fingerprint density at radius 1 is 1.05 bits per heavy atom. The summed E-state index contributed by atoms with van der Waals surface area (Å²) < 4.78 is 10.3. The van der Waals surface area contributed by atoms with E-state index in [-0.39, 0.29) is 60.5 Å². The van der Waals surface area contributed by atoms with Crippen molar-refractivity contribution >= 4 is 23.4 Å². The molecule has 3 saturated carbocycles. The van der Waals surface area contributed by atoms with Crippen molar-refractivity contribution in [2.45, 2.75) is 89.9 Å². The van der Waals surface area contributed by atoms with E-state index >= 15 is 0 Å². The van der Waals surface area contributed by atoms with Gasteiger partial charge in [-0.1, -0.05) is 31.6 Å². The first-order valence-electron chi connectivity index (χ1n) is 15.1. The molecule has 9 heteroatoms. The number of aliphatic hydroxyl groups is 2. The summed E-state index contributed by atoms with van der Waals surface area (Å²) in [7, 11) is 1.58. The Labute approximate surface area is 247 Å². The van der Waals surface area contributed by atoms with Crippen molar-refractivity contribution in [3.05, 3.63) is 41.5 Å². The lowest BCUT2D eigenvalue weighted by Crippen LogP contribution is -2.62. The van der Waals surface area contributed by atoms with E-state index in [9.17, 15) is 29.4 Å². The average molecular weight is 582 g/mol. The molecule has 4 aliphatic carbocycles. The second kappa shape index (κ2) is 11.6. The van der Waals surface area contributed by atoms with E-state index in [0.717, 1.165) is 36.1 Å². The first-order valence-corrected chi connectivity index (χ1v) is 15.1. The number of rotatable bonds is 9. The largest absolute Gasteiger partial charge is 0.497 e. The molecule has 3 N–H and O–H groups in total. The normalized spacial score (nSPS) is 35.3. The van der Waals surface area contributed by atoms with Crippen LogP contribution in [-0.4, -0.2) is 59.1 Å². The maximum atomic E-state index is 13.4. The van der Waals surface area contributed by atoms with Crippen LogP contribution in [0.3, 0.4) is 0 Å². The Morgan fingerprint density at radius 3 is 2.50 bits per heavy atom. The minimum absolute atomic E-state index is 0.0187. The van der Waals surface area contributed by atoms with Gasteiger partial charge in [0.1, 0.15) is 11.4 Å². The van der Waals surface area contributed by atoms with Gasteiger partial charge in [-0.05, 0) is 85.5 Å². The fourth-order valence-corrected chi connectivity index (χ4v) is 8.74. The third-order valence-electron chi connectivity index (χ3n) is 11.1. The van der Waals surface area contributed by atoms with Crippen molar-refractivity contribution in [2.75, 3.05) is 13.7 Å². The summed E-state index contributed by atoms with van der Waals surface area (Å²) in [5.74, 6) is -0.518. The van der Waals surface area contributed by atoms with Crippen LogP contribution in [0.2, 0.25) is 0 Å². The van der Waals surface area contributed by atoms with E-state index in [1.165, 1.54) is 0 Å². The zero-order valence-corrected chi connectivity index (χ0v) is 24.8. The summed E-state index contributed by atoms with van der Waals surface area (Å²) in [6.45, 7) is 3.81.